The number of carbonyl (C=O) groups is 6. The number of benzene rings is 1. The van der Waals surface area contributed by atoms with E-state index in [2.05, 4.69) is 10.6 Å². The lowest BCUT2D eigenvalue weighted by molar-refractivity contribution is -0.176. The van der Waals surface area contributed by atoms with E-state index in [1.165, 1.54) is 5.01 Å². The van der Waals surface area contributed by atoms with Gasteiger partial charge in [-0.05, 0) is 43.9 Å². The van der Waals surface area contributed by atoms with Gasteiger partial charge < -0.3 is 20.5 Å². The molecule has 0 bridgehead atoms. The topological polar surface area (TPSA) is 153 Å². The van der Waals surface area contributed by atoms with Crippen LogP contribution in [-0.4, -0.2) is 75.7 Å². The highest BCUT2D eigenvalue weighted by atomic mass is 35.5. The van der Waals surface area contributed by atoms with Crippen LogP contribution in [0.3, 0.4) is 0 Å². The molecule has 182 valence electrons. The first-order valence-corrected chi connectivity index (χ1v) is 11.2. The van der Waals surface area contributed by atoms with E-state index in [0.717, 1.165) is 5.01 Å². The summed E-state index contributed by atoms with van der Waals surface area (Å²) in [5.41, 5.74) is 0.817. The molecule has 3 unspecified atom stereocenters. The Morgan fingerprint density at radius 2 is 2.00 bits per heavy atom. The first-order chi connectivity index (χ1) is 16.1. The molecule has 3 N–H and O–H groups in total. The molecular weight excluding hydrogens is 468 g/mol. The third-order valence-electron chi connectivity index (χ3n) is 5.87. The van der Waals surface area contributed by atoms with E-state index >= 15 is 0 Å². The summed E-state index contributed by atoms with van der Waals surface area (Å²) in [6.07, 6.45) is 0.339. The number of fused-ring (bicyclic) bond motifs is 1. The lowest BCUT2D eigenvalue weighted by Crippen LogP contribution is -2.64. The SMILES string of the molecule is Cc1c(Cl)cccc1C(=O)NC1CCC(=O)N2CCCC(C(=O)NC(C=O)CC(=O)O)N2C1=O. The van der Waals surface area contributed by atoms with E-state index in [1.807, 2.05) is 0 Å². The van der Waals surface area contributed by atoms with Crippen LogP contribution in [0.5, 0.6) is 0 Å². The number of carboxylic acid groups (broad SMARTS) is 1. The first kappa shape index (κ1) is 25.2. The van der Waals surface area contributed by atoms with Crippen molar-refractivity contribution in [1.29, 1.82) is 0 Å². The molecule has 0 saturated carbocycles. The quantitative estimate of drug-likeness (QED) is 0.466. The number of hydrazine groups is 1. The number of carbonyl (C=O) groups excluding carboxylic acids is 5. The lowest BCUT2D eigenvalue weighted by atomic mass is 10.0. The second kappa shape index (κ2) is 10.6. The fourth-order valence-electron chi connectivity index (χ4n) is 4.10. The van der Waals surface area contributed by atoms with E-state index < -0.39 is 48.2 Å². The normalized spacial score (nSPS) is 21.2. The second-order valence-electron chi connectivity index (χ2n) is 8.18. The van der Waals surface area contributed by atoms with Gasteiger partial charge >= 0.3 is 5.97 Å². The molecule has 0 radical (unpaired) electrons. The number of amides is 4. The summed E-state index contributed by atoms with van der Waals surface area (Å²) >= 11 is 6.09. The summed E-state index contributed by atoms with van der Waals surface area (Å²) in [5, 5.41) is 16.5. The summed E-state index contributed by atoms with van der Waals surface area (Å²) in [6, 6.07) is 1.32. The third kappa shape index (κ3) is 5.36. The molecule has 2 aliphatic rings. The minimum Gasteiger partial charge on any atom is -0.481 e. The van der Waals surface area contributed by atoms with Crippen molar-refractivity contribution in [2.24, 2.45) is 0 Å². The molecular formula is C22H25ClN4O7. The molecule has 2 aliphatic heterocycles. The lowest BCUT2D eigenvalue weighted by Gasteiger charge is -2.43. The fourth-order valence-corrected chi connectivity index (χ4v) is 4.27. The molecule has 3 rings (SSSR count). The molecule has 1 aromatic carbocycles. The first-order valence-electron chi connectivity index (χ1n) is 10.8. The van der Waals surface area contributed by atoms with Gasteiger partial charge in [-0.1, -0.05) is 17.7 Å². The molecule has 2 heterocycles. The average Bonchev–Trinajstić information content (AvgIpc) is 2.92. The number of aliphatic carboxylic acids is 1. The molecule has 4 amide bonds. The Morgan fingerprint density at radius 3 is 2.68 bits per heavy atom. The number of hydrogen-bond acceptors (Lipinski definition) is 6. The molecule has 0 spiro atoms. The van der Waals surface area contributed by atoms with E-state index in [-0.39, 0.29) is 37.3 Å². The van der Waals surface area contributed by atoms with Crippen molar-refractivity contribution >= 4 is 47.5 Å². The maximum absolute atomic E-state index is 13.4. The van der Waals surface area contributed by atoms with Gasteiger partial charge in [0.25, 0.3) is 11.8 Å². The summed E-state index contributed by atoms with van der Waals surface area (Å²) < 4.78 is 0. The Morgan fingerprint density at radius 1 is 1.26 bits per heavy atom. The number of carboxylic acids is 1. The summed E-state index contributed by atoms with van der Waals surface area (Å²) in [5.74, 6) is -3.58. The predicted octanol–water partition coefficient (Wildman–Crippen LogP) is 0.434. The standard InChI is InChI=1S/C22H25ClN4O7/c1-12-14(4-2-5-15(12)23)20(32)25-16-7-8-18(29)26-9-3-6-17(27(26)22(16)34)21(33)24-13(11-28)10-19(30)31/h2,4-5,11,13,16-17H,3,6-10H2,1H3,(H,24,33)(H,25,32)(H,30,31). The Hall–Kier alpha value is -3.47. The van der Waals surface area contributed by atoms with Crippen LogP contribution in [0, 0.1) is 6.92 Å². The van der Waals surface area contributed by atoms with Gasteiger partial charge in [0.2, 0.25) is 11.8 Å². The van der Waals surface area contributed by atoms with Crippen molar-refractivity contribution < 1.29 is 33.9 Å². The van der Waals surface area contributed by atoms with Crippen LogP contribution in [0.15, 0.2) is 18.2 Å². The number of halogens is 1. The third-order valence-corrected chi connectivity index (χ3v) is 6.28. The van der Waals surface area contributed by atoms with Crippen LogP contribution in [0.1, 0.15) is 48.0 Å². The monoisotopic (exact) mass is 492 g/mol. The van der Waals surface area contributed by atoms with E-state index in [0.29, 0.717) is 23.3 Å². The zero-order valence-corrected chi connectivity index (χ0v) is 19.2. The Kier molecular flexibility index (Phi) is 7.87. The summed E-state index contributed by atoms with van der Waals surface area (Å²) in [7, 11) is 0. The molecule has 0 aliphatic carbocycles. The highest BCUT2D eigenvalue weighted by molar-refractivity contribution is 6.31. The van der Waals surface area contributed by atoms with Gasteiger partial charge in [-0.3, -0.25) is 29.0 Å². The van der Waals surface area contributed by atoms with Crippen LogP contribution in [0.2, 0.25) is 5.02 Å². The van der Waals surface area contributed by atoms with E-state index in [4.69, 9.17) is 16.7 Å². The maximum Gasteiger partial charge on any atom is 0.305 e. The molecule has 2 fully saturated rings. The van der Waals surface area contributed by atoms with Crippen molar-refractivity contribution in [3.8, 4) is 0 Å². The van der Waals surface area contributed by atoms with Crippen LogP contribution in [0.25, 0.3) is 0 Å². The van der Waals surface area contributed by atoms with Gasteiger partial charge in [-0.2, -0.15) is 0 Å². The predicted molar refractivity (Wildman–Crippen MR) is 119 cm³/mol. The van der Waals surface area contributed by atoms with E-state index in [9.17, 15) is 28.8 Å². The van der Waals surface area contributed by atoms with E-state index in [1.54, 1.807) is 25.1 Å². The second-order valence-corrected chi connectivity index (χ2v) is 8.59. The van der Waals surface area contributed by atoms with Gasteiger partial charge in [-0.25, -0.2) is 5.01 Å². The molecule has 3 atom stereocenters. The smallest absolute Gasteiger partial charge is 0.305 e. The Labute approximate surface area is 200 Å². The summed E-state index contributed by atoms with van der Waals surface area (Å²) in [6.45, 7) is 1.89. The number of hydrogen-bond donors (Lipinski definition) is 3. The molecule has 11 nitrogen and oxygen atoms in total. The van der Waals surface area contributed by atoms with Crippen molar-refractivity contribution in [1.82, 2.24) is 20.7 Å². The number of aldehydes is 1. The van der Waals surface area contributed by atoms with Crippen molar-refractivity contribution in [3.05, 3.63) is 34.3 Å². The van der Waals surface area contributed by atoms with Gasteiger partial charge in [0.15, 0.2) is 0 Å². The molecule has 1 aromatic rings. The fraction of sp³-hybridized carbons (Fsp3) is 0.455. The van der Waals surface area contributed by atoms with Crippen molar-refractivity contribution in [2.45, 2.75) is 57.2 Å². The van der Waals surface area contributed by atoms with Crippen LogP contribution in [0.4, 0.5) is 0 Å². The molecule has 34 heavy (non-hydrogen) atoms. The van der Waals surface area contributed by atoms with Crippen LogP contribution < -0.4 is 10.6 Å². The molecule has 0 aromatic heterocycles. The van der Waals surface area contributed by atoms with Crippen LogP contribution >= 0.6 is 11.6 Å². The Bertz CT molecular complexity index is 1030. The van der Waals surface area contributed by atoms with Gasteiger partial charge in [0.05, 0.1) is 12.5 Å². The van der Waals surface area contributed by atoms with Gasteiger partial charge in [0.1, 0.15) is 18.4 Å². The zero-order chi connectivity index (χ0) is 25.0. The highest BCUT2D eigenvalue weighted by Crippen LogP contribution is 2.26. The maximum atomic E-state index is 13.4. The minimum atomic E-state index is -1.28. The number of nitrogens with zero attached hydrogens (tertiary/aromatic N) is 2. The molecule has 12 heteroatoms. The zero-order valence-electron chi connectivity index (χ0n) is 18.5. The molecule has 2 saturated heterocycles. The highest BCUT2D eigenvalue weighted by Gasteiger charge is 2.45. The number of rotatable bonds is 7. The number of nitrogens with one attached hydrogen (secondary N) is 2. The van der Waals surface area contributed by atoms with Crippen molar-refractivity contribution in [3.63, 3.8) is 0 Å². The van der Waals surface area contributed by atoms with Crippen molar-refractivity contribution in [2.75, 3.05) is 6.54 Å². The average molecular weight is 493 g/mol. The minimum absolute atomic E-state index is 0.0218. The van der Waals surface area contributed by atoms with Gasteiger partial charge in [0, 0.05) is 23.6 Å². The van der Waals surface area contributed by atoms with Gasteiger partial charge in [-0.15, -0.1) is 0 Å². The largest absolute Gasteiger partial charge is 0.481 e. The Balaban J connectivity index is 1.83. The summed E-state index contributed by atoms with van der Waals surface area (Å²) in [4.78, 5) is 74.1. The van der Waals surface area contributed by atoms with Crippen LogP contribution in [-0.2, 0) is 24.0 Å².